The second kappa shape index (κ2) is 4.81. The number of carbonyl (C=O) groups is 1. The second-order valence-electron chi connectivity index (χ2n) is 5.36. The minimum Gasteiger partial charge on any atom is -0.444 e. The fourth-order valence-electron chi connectivity index (χ4n) is 1.73. The molecule has 0 atom stereocenters. The van der Waals surface area contributed by atoms with E-state index in [9.17, 15) is 9.90 Å². The average molecular weight is 242 g/mol. The highest BCUT2D eigenvalue weighted by atomic mass is 16.6. The highest BCUT2D eigenvalue weighted by Gasteiger charge is 2.43. The van der Waals surface area contributed by atoms with Gasteiger partial charge in [-0.15, -0.1) is 0 Å². The van der Waals surface area contributed by atoms with Crippen LogP contribution in [-0.2, 0) is 4.74 Å². The molecule has 0 heterocycles. The van der Waals surface area contributed by atoms with Gasteiger partial charge >= 0.3 is 6.09 Å². The smallest absolute Gasteiger partial charge is 0.407 e. The molecule has 0 spiro atoms. The average Bonchev–Trinajstić information content (AvgIpc) is 2.09. The van der Waals surface area contributed by atoms with Gasteiger partial charge in [-0.2, -0.15) is 0 Å². The van der Waals surface area contributed by atoms with Gasteiger partial charge in [0.25, 0.3) is 0 Å². The van der Waals surface area contributed by atoms with Crippen LogP contribution in [-0.4, -0.2) is 35.0 Å². The van der Waals surface area contributed by atoms with Crippen molar-refractivity contribution in [2.75, 3.05) is 6.54 Å². The van der Waals surface area contributed by atoms with Gasteiger partial charge in [-0.05, 0) is 39.1 Å². The van der Waals surface area contributed by atoms with Gasteiger partial charge in [-0.1, -0.05) is 5.11 Å². The summed E-state index contributed by atoms with van der Waals surface area (Å²) < 4.78 is 5.08. The molecule has 0 unspecified atom stereocenters. The van der Waals surface area contributed by atoms with Crippen LogP contribution >= 0.6 is 0 Å². The zero-order valence-electron chi connectivity index (χ0n) is 10.3. The Hall–Kier alpha value is -1.46. The number of nitrogens with one attached hydrogen (secondary N) is 1. The maximum Gasteiger partial charge on any atom is 0.407 e. The molecule has 1 amide bonds. The number of aliphatic hydroxyl groups is 1. The molecule has 1 fully saturated rings. The van der Waals surface area contributed by atoms with Gasteiger partial charge < -0.3 is 15.2 Å². The Kier molecular flexibility index (Phi) is 3.85. The zero-order chi connectivity index (χ0) is 13.1. The van der Waals surface area contributed by atoms with E-state index < -0.39 is 17.3 Å². The highest BCUT2D eigenvalue weighted by molar-refractivity contribution is 5.68. The lowest BCUT2D eigenvalue weighted by molar-refractivity contribution is -0.0487. The molecule has 1 saturated carbocycles. The molecule has 0 aromatic carbocycles. The predicted molar refractivity (Wildman–Crippen MR) is 61.4 cm³/mol. The molecular formula is C10H18N4O3. The first-order valence-corrected chi connectivity index (χ1v) is 5.47. The van der Waals surface area contributed by atoms with Crippen molar-refractivity contribution < 1.29 is 14.6 Å². The summed E-state index contributed by atoms with van der Waals surface area (Å²) in [7, 11) is 0. The minimum absolute atomic E-state index is 0.0377. The van der Waals surface area contributed by atoms with Crippen molar-refractivity contribution in [2.45, 2.75) is 50.9 Å². The van der Waals surface area contributed by atoms with Gasteiger partial charge in [0, 0.05) is 11.0 Å². The molecule has 7 nitrogen and oxygen atoms in total. The molecule has 1 aliphatic rings. The molecule has 2 N–H and O–H groups in total. The van der Waals surface area contributed by atoms with Gasteiger partial charge in [0.1, 0.15) is 5.60 Å². The Labute approximate surface area is 99.8 Å². The third-order valence-corrected chi connectivity index (χ3v) is 2.40. The summed E-state index contributed by atoms with van der Waals surface area (Å²) in [5, 5.41) is 15.8. The number of amides is 1. The molecule has 0 radical (unpaired) electrons. The van der Waals surface area contributed by atoms with Crippen molar-refractivity contribution in [3.8, 4) is 0 Å². The maximum atomic E-state index is 11.4. The number of azide groups is 1. The van der Waals surface area contributed by atoms with E-state index in [-0.39, 0.29) is 12.6 Å². The SMILES string of the molecule is CC(C)(C)OC(=O)NC1CC(O)(CN=[N+]=[N-])C1. The van der Waals surface area contributed by atoms with Crippen molar-refractivity contribution in [1.82, 2.24) is 5.32 Å². The predicted octanol–water partition coefficient (Wildman–Crippen LogP) is 1.71. The van der Waals surface area contributed by atoms with Crippen LogP contribution < -0.4 is 5.32 Å². The van der Waals surface area contributed by atoms with E-state index in [4.69, 9.17) is 10.3 Å². The van der Waals surface area contributed by atoms with E-state index in [1.807, 2.05) is 0 Å². The number of rotatable bonds is 3. The molecule has 1 rings (SSSR count). The van der Waals surface area contributed by atoms with Crippen LogP contribution in [0, 0.1) is 0 Å². The van der Waals surface area contributed by atoms with Gasteiger partial charge in [-0.3, -0.25) is 0 Å². The Morgan fingerprint density at radius 2 is 2.24 bits per heavy atom. The van der Waals surface area contributed by atoms with Gasteiger partial charge in [-0.25, -0.2) is 4.79 Å². The lowest BCUT2D eigenvalue weighted by Gasteiger charge is -2.42. The monoisotopic (exact) mass is 242 g/mol. The summed E-state index contributed by atoms with van der Waals surface area (Å²) in [5.41, 5.74) is 6.63. The molecule has 0 aromatic heterocycles. The zero-order valence-corrected chi connectivity index (χ0v) is 10.3. The quantitative estimate of drug-likeness (QED) is 0.446. The van der Waals surface area contributed by atoms with E-state index in [0.717, 1.165) is 0 Å². The standard InChI is InChI=1S/C10H18N4O3/c1-9(2,3)17-8(15)13-7-4-10(16,5-7)6-12-14-11/h7,16H,4-6H2,1-3H3,(H,13,15). The van der Waals surface area contributed by atoms with E-state index in [2.05, 4.69) is 15.3 Å². The van der Waals surface area contributed by atoms with E-state index in [0.29, 0.717) is 12.8 Å². The summed E-state index contributed by atoms with van der Waals surface area (Å²) in [6.45, 7) is 5.39. The number of nitrogens with zero attached hydrogens (tertiary/aromatic N) is 3. The van der Waals surface area contributed by atoms with E-state index in [1.165, 1.54) is 0 Å². The number of hydrogen-bond acceptors (Lipinski definition) is 4. The molecule has 7 heteroatoms. The molecule has 0 aromatic rings. The fraction of sp³-hybridized carbons (Fsp3) is 0.900. The molecular weight excluding hydrogens is 224 g/mol. The van der Waals surface area contributed by atoms with Gasteiger partial charge in [0.2, 0.25) is 0 Å². The van der Waals surface area contributed by atoms with Crippen LogP contribution in [0.3, 0.4) is 0 Å². The maximum absolute atomic E-state index is 11.4. The van der Waals surface area contributed by atoms with Crippen LogP contribution in [0.25, 0.3) is 10.4 Å². The third-order valence-electron chi connectivity index (χ3n) is 2.40. The summed E-state index contributed by atoms with van der Waals surface area (Å²) in [6, 6.07) is -0.122. The first-order valence-electron chi connectivity index (χ1n) is 5.47. The Morgan fingerprint density at radius 3 is 2.71 bits per heavy atom. The Morgan fingerprint density at radius 1 is 1.65 bits per heavy atom. The van der Waals surface area contributed by atoms with Crippen LogP contribution in [0.4, 0.5) is 4.79 Å². The minimum atomic E-state index is -0.980. The molecule has 0 bridgehead atoms. The van der Waals surface area contributed by atoms with Crippen LogP contribution in [0.2, 0.25) is 0 Å². The van der Waals surface area contributed by atoms with E-state index >= 15 is 0 Å². The first-order chi connectivity index (χ1) is 7.74. The lowest BCUT2D eigenvalue weighted by Crippen LogP contribution is -2.57. The Balaban J connectivity index is 2.29. The molecule has 1 aliphatic carbocycles. The number of alkyl carbamates (subject to hydrolysis) is 1. The lowest BCUT2D eigenvalue weighted by atomic mass is 9.76. The van der Waals surface area contributed by atoms with Crippen molar-refractivity contribution in [3.05, 3.63) is 10.4 Å². The molecule has 96 valence electrons. The molecule has 0 saturated heterocycles. The van der Waals surface area contributed by atoms with Gasteiger partial charge in [0.05, 0.1) is 12.1 Å². The van der Waals surface area contributed by atoms with E-state index in [1.54, 1.807) is 20.8 Å². The summed E-state index contributed by atoms with van der Waals surface area (Å²) in [4.78, 5) is 14.0. The first kappa shape index (κ1) is 13.6. The van der Waals surface area contributed by atoms with Crippen LogP contribution in [0.1, 0.15) is 33.6 Å². The largest absolute Gasteiger partial charge is 0.444 e. The third kappa shape index (κ3) is 4.50. The van der Waals surface area contributed by atoms with Crippen molar-refractivity contribution in [1.29, 1.82) is 0 Å². The topological polar surface area (TPSA) is 107 Å². The number of hydrogen-bond donors (Lipinski definition) is 2. The number of ether oxygens (including phenoxy) is 1. The normalized spacial score (nSPS) is 27.6. The summed E-state index contributed by atoms with van der Waals surface area (Å²) in [6.07, 6.45) is 0.268. The van der Waals surface area contributed by atoms with Gasteiger partial charge in [0.15, 0.2) is 0 Å². The summed E-state index contributed by atoms with van der Waals surface area (Å²) in [5.74, 6) is 0. The molecule has 0 aliphatic heterocycles. The number of carbonyl (C=O) groups excluding carboxylic acids is 1. The van der Waals surface area contributed by atoms with Crippen LogP contribution in [0.5, 0.6) is 0 Å². The van der Waals surface area contributed by atoms with Crippen molar-refractivity contribution in [3.63, 3.8) is 0 Å². The fourth-order valence-corrected chi connectivity index (χ4v) is 1.73. The Bertz CT molecular complexity index is 338. The van der Waals surface area contributed by atoms with Crippen LogP contribution in [0.15, 0.2) is 5.11 Å². The highest BCUT2D eigenvalue weighted by Crippen LogP contribution is 2.32. The summed E-state index contributed by atoms with van der Waals surface area (Å²) >= 11 is 0. The van der Waals surface area contributed by atoms with Crippen molar-refractivity contribution >= 4 is 6.09 Å². The van der Waals surface area contributed by atoms with Crippen molar-refractivity contribution in [2.24, 2.45) is 5.11 Å². The second-order valence-corrected chi connectivity index (χ2v) is 5.36. The molecule has 17 heavy (non-hydrogen) atoms.